The molecule has 0 spiro atoms. The van der Waals surface area contributed by atoms with E-state index in [0.29, 0.717) is 0 Å². The van der Waals surface area contributed by atoms with Crippen LogP contribution in [0.3, 0.4) is 0 Å². The maximum atomic E-state index is 6.28. The van der Waals surface area contributed by atoms with E-state index in [1.807, 2.05) is 18.7 Å². The fourth-order valence-electron chi connectivity index (χ4n) is 2.24. The third kappa shape index (κ3) is 3.82. The molecule has 1 N–H and O–H groups in total. The highest BCUT2D eigenvalue weighted by Gasteiger charge is 2.19. The third-order valence-electron chi connectivity index (χ3n) is 3.73. The molecule has 3 nitrogen and oxygen atoms in total. The summed E-state index contributed by atoms with van der Waals surface area (Å²) >= 11 is 8.07. The van der Waals surface area contributed by atoms with Gasteiger partial charge < -0.3 is 5.32 Å². The highest BCUT2D eigenvalue weighted by atomic mass is 35.5. The van der Waals surface area contributed by atoms with Gasteiger partial charge in [-0.15, -0.1) is 11.8 Å². The largest absolute Gasteiger partial charge is 0.310 e. The molecule has 0 aliphatic heterocycles. The Morgan fingerprint density at radius 3 is 2.62 bits per heavy atom. The van der Waals surface area contributed by atoms with Crippen LogP contribution >= 0.6 is 23.4 Å². The molecule has 1 aromatic carbocycles. The predicted octanol–water partition coefficient (Wildman–Crippen LogP) is 3.93. The summed E-state index contributed by atoms with van der Waals surface area (Å²) in [5.74, 6) is 0.843. The smallest absolute Gasteiger partial charge is 0.0855 e. The molecule has 0 radical (unpaired) electrons. The second-order valence-electron chi connectivity index (χ2n) is 5.56. The summed E-state index contributed by atoms with van der Waals surface area (Å²) in [6.07, 6.45) is 2.66. The lowest BCUT2D eigenvalue weighted by molar-refractivity contribution is 0.687. The number of hydrogen-bond donors (Lipinski definition) is 1. The highest BCUT2D eigenvalue weighted by molar-refractivity contribution is 7.98. The van der Waals surface area contributed by atoms with Crippen LogP contribution in [0, 0.1) is 6.92 Å². The number of halogens is 1. The summed E-state index contributed by atoms with van der Waals surface area (Å²) in [4.78, 5) is 1.26. The number of aromatic nitrogens is 2. The lowest BCUT2D eigenvalue weighted by Crippen LogP contribution is -2.14. The molecule has 1 aromatic heterocycles. The van der Waals surface area contributed by atoms with Gasteiger partial charge >= 0.3 is 0 Å². The summed E-state index contributed by atoms with van der Waals surface area (Å²) in [5, 5.41) is 8.67. The molecular weight excluding hydrogens is 302 g/mol. The van der Waals surface area contributed by atoms with Crippen molar-refractivity contribution in [2.75, 3.05) is 0 Å². The van der Waals surface area contributed by atoms with Crippen LogP contribution in [-0.2, 0) is 19.3 Å². The second-order valence-corrected chi connectivity index (χ2v) is 6.98. The van der Waals surface area contributed by atoms with Crippen LogP contribution in [0.1, 0.15) is 29.8 Å². The van der Waals surface area contributed by atoms with E-state index in [2.05, 4.69) is 34.7 Å². The van der Waals surface area contributed by atoms with Crippen LogP contribution in [-0.4, -0.2) is 15.8 Å². The fourth-order valence-corrected chi connectivity index (χ4v) is 3.51. The van der Waals surface area contributed by atoms with Crippen molar-refractivity contribution >= 4 is 23.4 Å². The minimum Gasteiger partial charge on any atom is -0.310 e. The Kier molecular flexibility index (Phi) is 4.57. The highest BCUT2D eigenvalue weighted by Crippen LogP contribution is 2.28. The number of thioether (sulfide) groups is 1. The predicted molar refractivity (Wildman–Crippen MR) is 88.8 cm³/mol. The SMILES string of the molecule is Cc1nn(C)c(CSc2ccc(CNC3CC3)cc2)c1Cl. The van der Waals surface area contributed by atoms with Crippen molar-refractivity contribution < 1.29 is 0 Å². The van der Waals surface area contributed by atoms with E-state index >= 15 is 0 Å². The van der Waals surface area contributed by atoms with E-state index in [1.165, 1.54) is 23.3 Å². The summed E-state index contributed by atoms with van der Waals surface area (Å²) in [7, 11) is 1.95. The molecule has 0 atom stereocenters. The molecule has 0 saturated heterocycles. The van der Waals surface area contributed by atoms with Crippen LogP contribution in [0.5, 0.6) is 0 Å². The Balaban J connectivity index is 1.57. The van der Waals surface area contributed by atoms with Gasteiger partial charge in [-0.3, -0.25) is 4.68 Å². The van der Waals surface area contributed by atoms with Crippen molar-refractivity contribution in [3.8, 4) is 0 Å². The van der Waals surface area contributed by atoms with Gasteiger partial charge in [0.1, 0.15) is 0 Å². The first-order valence-electron chi connectivity index (χ1n) is 7.26. The van der Waals surface area contributed by atoms with E-state index in [-0.39, 0.29) is 0 Å². The van der Waals surface area contributed by atoms with E-state index < -0.39 is 0 Å². The normalized spacial score (nSPS) is 14.6. The first kappa shape index (κ1) is 14.9. The van der Waals surface area contributed by atoms with Crippen molar-refractivity contribution in [3.63, 3.8) is 0 Å². The molecule has 1 aliphatic rings. The van der Waals surface area contributed by atoms with Gasteiger partial charge in [-0.05, 0) is 37.5 Å². The zero-order chi connectivity index (χ0) is 14.8. The molecule has 3 rings (SSSR count). The van der Waals surface area contributed by atoms with Crippen molar-refractivity contribution in [2.24, 2.45) is 7.05 Å². The molecule has 21 heavy (non-hydrogen) atoms. The first-order valence-corrected chi connectivity index (χ1v) is 8.63. The number of aryl methyl sites for hydroxylation is 2. The van der Waals surface area contributed by atoms with Crippen LogP contribution in [0.4, 0.5) is 0 Å². The van der Waals surface area contributed by atoms with Gasteiger partial charge in [0.25, 0.3) is 0 Å². The maximum Gasteiger partial charge on any atom is 0.0855 e. The minimum atomic E-state index is 0.759. The molecule has 1 fully saturated rings. The van der Waals surface area contributed by atoms with Crippen LogP contribution < -0.4 is 5.32 Å². The van der Waals surface area contributed by atoms with Gasteiger partial charge in [0.2, 0.25) is 0 Å². The summed E-state index contributed by atoms with van der Waals surface area (Å²) < 4.78 is 1.87. The summed E-state index contributed by atoms with van der Waals surface area (Å²) in [5.41, 5.74) is 3.33. The lowest BCUT2D eigenvalue weighted by Gasteiger charge is -2.06. The molecule has 0 bridgehead atoms. The zero-order valence-electron chi connectivity index (χ0n) is 12.4. The topological polar surface area (TPSA) is 29.9 Å². The van der Waals surface area contributed by atoms with Crippen LogP contribution in [0.25, 0.3) is 0 Å². The average molecular weight is 322 g/mol. The number of hydrogen-bond acceptors (Lipinski definition) is 3. The molecule has 0 amide bonds. The van der Waals surface area contributed by atoms with E-state index in [9.17, 15) is 0 Å². The number of nitrogens with one attached hydrogen (secondary N) is 1. The molecule has 5 heteroatoms. The standard InChI is InChI=1S/C16H20ClN3S/c1-11-16(17)15(20(2)19-11)10-21-14-7-3-12(4-8-14)9-18-13-5-6-13/h3-4,7-8,13,18H,5-6,9-10H2,1-2H3. The maximum absolute atomic E-state index is 6.28. The Morgan fingerprint density at radius 1 is 1.33 bits per heavy atom. The molecule has 112 valence electrons. The van der Waals surface area contributed by atoms with E-state index in [4.69, 9.17) is 11.6 Å². The van der Waals surface area contributed by atoms with Gasteiger partial charge in [0, 0.05) is 30.3 Å². The summed E-state index contributed by atoms with van der Waals surface area (Å²) in [6, 6.07) is 9.54. The third-order valence-corrected chi connectivity index (χ3v) is 5.25. The zero-order valence-corrected chi connectivity index (χ0v) is 14.0. The molecular formula is C16H20ClN3S. The van der Waals surface area contributed by atoms with Crippen LogP contribution in [0.15, 0.2) is 29.2 Å². The van der Waals surface area contributed by atoms with Crippen LogP contribution in [0.2, 0.25) is 5.02 Å². The van der Waals surface area contributed by atoms with E-state index in [0.717, 1.165) is 34.7 Å². The molecule has 1 saturated carbocycles. The summed E-state index contributed by atoms with van der Waals surface area (Å²) in [6.45, 7) is 2.92. The monoisotopic (exact) mass is 321 g/mol. The Labute approximate surface area is 135 Å². The van der Waals surface area contributed by atoms with E-state index in [1.54, 1.807) is 11.8 Å². The quantitative estimate of drug-likeness (QED) is 0.818. The Bertz CT molecular complexity index is 617. The van der Waals surface area contributed by atoms with Crippen molar-refractivity contribution in [2.45, 2.75) is 43.0 Å². The van der Waals surface area contributed by atoms with Gasteiger partial charge in [0.15, 0.2) is 0 Å². The fraction of sp³-hybridized carbons (Fsp3) is 0.438. The average Bonchev–Trinajstić information content (AvgIpc) is 3.26. The van der Waals surface area contributed by atoms with Gasteiger partial charge in [0.05, 0.1) is 16.4 Å². The van der Waals surface area contributed by atoms with Crippen molar-refractivity contribution in [1.82, 2.24) is 15.1 Å². The minimum absolute atomic E-state index is 0.759. The lowest BCUT2D eigenvalue weighted by atomic mass is 10.2. The Hall–Kier alpha value is -0.970. The number of benzene rings is 1. The number of rotatable bonds is 6. The van der Waals surface area contributed by atoms with Gasteiger partial charge in [-0.25, -0.2) is 0 Å². The van der Waals surface area contributed by atoms with Gasteiger partial charge in [-0.2, -0.15) is 5.10 Å². The Morgan fingerprint density at radius 2 is 2.05 bits per heavy atom. The molecule has 1 heterocycles. The van der Waals surface area contributed by atoms with Crippen molar-refractivity contribution in [3.05, 3.63) is 46.2 Å². The van der Waals surface area contributed by atoms with Crippen molar-refractivity contribution in [1.29, 1.82) is 0 Å². The number of nitrogens with zero attached hydrogens (tertiary/aromatic N) is 2. The van der Waals surface area contributed by atoms with Gasteiger partial charge in [-0.1, -0.05) is 23.7 Å². The molecule has 0 unspecified atom stereocenters. The second kappa shape index (κ2) is 6.42. The molecule has 1 aliphatic carbocycles. The first-order chi connectivity index (χ1) is 10.1. The molecule has 2 aromatic rings.